The summed E-state index contributed by atoms with van der Waals surface area (Å²) in [5, 5.41) is 0. The van der Waals surface area contributed by atoms with Crippen LogP contribution in [-0.2, 0) is 16.1 Å². The first-order valence-electron chi connectivity index (χ1n) is 10.4. The fraction of sp³-hybridized carbons (Fsp3) is 0.348. The van der Waals surface area contributed by atoms with Crippen molar-refractivity contribution in [2.45, 2.75) is 25.9 Å². The van der Waals surface area contributed by atoms with Crippen molar-refractivity contribution in [3.63, 3.8) is 0 Å². The van der Waals surface area contributed by atoms with Crippen molar-refractivity contribution in [2.75, 3.05) is 19.6 Å². The molecule has 2 atom stereocenters. The Bertz CT molecular complexity index is 1170. The molecule has 30 heavy (non-hydrogen) atoms. The van der Waals surface area contributed by atoms with Crippen LogP contribution in [0.4, 0.5) is 0 Å². The van der Waals surface area contributed by atoms with Crippen LogP contribution in [0.5, 0.6) is 0 Å². The van der Waals surface area contributed by atoms with Crippen molar-refractivity contribution in [3.8, 4) is 0 Å². The summed E-state index contributed by atoms with van der Waals surface area (Å²) in [5.41, 5.74) is 4.94. The SMILES string of the molecule is CC[C@@H]1CN(CC(=O)OCc2ccccc2)C[C@@H]1c1cnc2cnc3[nH]ccc3n12. The van der Waals surface area contributed by atoms with Crippen LogP contribution in [0.15, 0.2) is 55.0 Å². The summed E-state index contributed by atoms with van der Waals surface area (Å²) >= 11 is 0. The van der Waals surface area contributed by atoms with E-state index in [4.69, 9.17) is 4.74 Å². The minimum Gasteiger partial charge on any atom is -0.460 e. The van der Waals surface area contributed by atoms with E-state index in [1.165, 1.54) is 5.69 Å². The van der Waals surface area contributed by atoms with Gasteiger partial charge in [0.05, 0.1) is 18.3 Å². The normalized spacial score (nSPS) is 19.6. The number of aromatic amines is 1. The molecule has 4 heterocycles. The van der Waals surface area contributed by atoms with E-state index in [1.54, 1.807) is 6.20 Å². The van der Waals surface area contributed by atoms with E-state index in [0.29, 0.717) is 25.0 Å². The fourth-order valence-electron chi connectivity index (χ4n) is 4.56. The number of imidazole rings is 1. The molecule has 0 spiro atoms. The van der Waals surface area contributed by atoms with Gasteiger partial charge in [0.15, 0.2) is 11.3 Å². The van der Waals surface area contributed by atoms with Gasteiger partial charge in [-0.3, -0.25) is 14.1 Å². The number of hydrogen-bond acceptors (Lipinski definition) is 5. The molecule has 154 valence electrons. The molecule has 3 aromatic heterocycles. The zero-order valence-electron chi connectivity index (χ0n) is 17.0. The maximum atomic E-state index is 12.4. The average Bonchev–Trinajstić information content (AvgIpc) is 3.49. The maximum Gasteiger partial charge on any atom is 0.320 e. The third-order valence-electron chi connectivity index (χ3n) is 6.09. The number of fused-ring (bicyclic) bond motifs is 3. The summed E-state index contributed by atoms with van der Waals surface area (Å²) in [6.45, 7) is 4.56. The highest BCUT2D eigenvalue weighted by Crippen LogP contribution is 2.35. The first-order valence-corrected chi connectivity index (χ1v) is 10.4. The van der Waals surface area contributed by atoms with Gasteiger partial charge in [-0.2, -0.15) is 0 Å². The first-order chi connectivity index (χ1) is 14.7. The molecule has 0 unspecified atom stereocenters. The Labute approximate surface area is 174 Å². The molecule has 0 radical (unpaired) electrons. The van der Waals surface area contributed by atoms with Crippen molar-refractivity contribution in [3.05, 3.63) is 66.2 Å². The molecule has 1 aromatic carbocycles. The molecular formula is C23H25N5O2. The number of ether oxygens (including phenoxy) is 1. The summed E-state index contributed by atoms with van der Waals surface area (Å²) in [6.07, 6.45) is 6.72. The number of hydrogen-bond donors (Lipinski definition) is 1. The largest absolute Gasteiger partial charge is 0.460 e. The Morgan fingerprint density at radius 1 is 1.17 bits per heavy atom. The van der Waals surface area contributed by atoms with Crippen LogP contribution in [0.1, 0.15) is 30.5 Å². The monoisotopic (exact) mass is 403 g/mol. The van der Waals surface area contributed by atoms with E-state index in [0.717, 1.165) is 41.9 Å². The molecule has 0 bridgehead atoms. The van der Waals surface area contributed by atoms with Crippen molar-refractivity contribution >= 4 is 22.8 Å². The molecular weight excluding hydrogens is 378 g/mol. The fourth-order valence-corrected chi connectivity index (χ4v) is 4.56. The Morgan fingerprint density at radius 2 is 2.03 bits per heavy atom. The lowest BCUT2D eigenvalue weighted by Gasteiger charge is -2.16. The van der Waals surface area contributed by atoms with E-state index >= 15 is 0 Å². The molecule has 7 heteroatoms. The average molecular weight is 403 g/mol. The van der Waals surface area contributed by atoms with Crippen molar-refractivity contribution in [2.24, 2.45) is 5.92 Å². The van der Waals surface area contributed by atoms with E-state index < -0.39 is 0 Å². The van der Waals surface area contributed by atoms with Gasteiger partial charge in [0.1, 0.15) is 6.61 Å². The lowest BCUT2D eigenvalue weighted by atomic mass is 9.91. The standard InChI is InChI=1S/C23H25N5O2/c1-2-17-12-27(14-22(29)30-15-16-6-4-3-5-7-16)13-18(17)20-10-25-21-11-26-23-19(28(20)21)8-9-24-23/h3-11,17-18,24H,2,12-15H2,1H3/t17-,18+/m1/s1. The highest BCUT2D eigenvalue weighted by atomic mass is 16.5. The zero-order chi connectivity index (χ0) is 20.5. The number of benzene rings is 1. The van der Waals surface area contributed by atoms with E-state index in [-0.39, 0.29) is 5.97 Å². The number of aromatic nitrogens is 4. The lowest BCUT2D eigenvalue weighted by Crippen LogP contribution is -2.29. The van der Waals surface area contributed by atoms with Gasteiger partial charge in [-0.1, -0.05) is 43.7 Å². The van der Waals surface area contributed by atoms with Crippen molar-refractivity contribution < 1.29 is 9.53 Å². The third kappa shape index (κ3) is 3.45. The molecule has 1 aliphatic rings. The topological polar surface area (TPSA) is 75.5 Å². The number of rotatable bonds is 6. The van der Waals surface area contributed by atoms with Gasteiger partial charge in [-0.05, 0) is 17.5 Å². The summed E-state index contributed by atoms with van der Waals surface area (Å²) in [6, 6.07) is 11.8. The quantitative estimate of drug-likeness (QED) is 0.500. The summed E-state index contributed by atoms with van der Waals surface area (Å²) < 4.78 is 7.69. The van der Waals surface area contributed by atoms with Crippen molar-refractivity contribution in [1.82, 2.24) is 24.3 Å². The van der Waals surface area contributed by atoms with Crippen LogP contribution >= 0.6 is 0 Å². The zero-order valence-corrected chi connectivity index (χ0v) is 17.0. The second-order valence-corrected chi connectivity index (χ2v) is 7.96. The number of nitrogens with zero attached hydrogens (tertiary/aromatic N) is 4. The molecule has 4 aromatic rings. The molecule has 1 saturated heterocycles. The molecule has 0 saturated carbocycles. The van der Waals surface area contributed by atoms with E-state index in [2.05, 4.69) is 31.2 Å². The Hall–Kier alpha value is -3.19. The van der Waals surface area contributed by atoms with Gasteiger partial charge in [-0.15, -0.1) is 0 Å². The van der Waals surface area contributed by atoms with Gasteiger partial charge >= 0.3 is 5.97 Å². The number of esters is 1. The van der Waals surface area contributed by atoms with Gasteiger partial charge in [-0.25, -0.2) is 9.97 Å². The second-order valence-electron chi connectivity index (χ2n) is 7.96. The highest BCUT2D eigenvalue weighted by Gasteiger charge is 2.35. The highest BCUT2D eigenvalue weighted by molar-refractivity contribution is 5.75. The predicted octanol–water partition coefficient (Wildman–Crippen LogP) is 3.38. The molecule has 0 amide bonds. The first kappa shape index (κ1) is 18.8. The second kappa shape index (κ2) is 7.91. The summed E-state index contributed by atoms with van der Waals surface area (Å²) in [4.78, 5) is 26.8. The number of H-pyrrole nitrogens is 1. The van der Waals surface area contributed by atoms with Crippen LogP contribution in [0, 0.1) is 5.92 Å². The Morgan fingerprint density at radius 3 is 2.87 bits per heavy atom. The minimum absolute atomic E-state index is 0.176. The van der Waals surface area contributed by atoms with Crippen molar-refractivity contribution in [1.29, 1.82) is 0 Å². The van der Waals surface area contributed by atoms with Crippen LogP contribution in [0.25, 0.3) is 16.8 Å². The van der Waals surface area contributed by atoms with Gasteiger partial charge in [0, 0.05) is 37.1 Å². The molecule has 1 fully saturated rings. The lowest BCUT2D eigenvalue weighted by molar-refractivity contribution is -0.146. The van der Waals surface area contributed by atoms with E-state index in [1.807, 2.05) is 48.8 Å². The van der Waals surface area contributed by atoms with Gasteiger partial charge < -0.3 is 9.72 Å². The van der Waals surface area contributed by atoms with E-state index in [9.17, 15) is 4.79 Å². The number of carbonyl (C=O) groups excluding carboxylic acids is 1. The molecule has 5 rings (SSSR count). The van der Waals surface area contributed by atoms with Gasteiger partial charge in [0.25, 0.3) is 0 Å². The van der Waals surface area contributed by atoms with Crippen LogP contribution in [0.2, 0.25) is 0 Å². The number of likely N-dealkylation sites (tertiary alicyclic amines) is 1. The van der Waals surface area contributed by atoms with Gasteiger partial charge in [0.2, 0.25) is 0 Å². The Kier molecular flexibility index (Phi) is 4.96. The third-order valence-corrected chi connectivity index (χ3v) is 6.09. The van der Waals surface area contributed by atoms with Crippen LogP contribution < -0.4 is 0 Å². The Balaban J connectivity index is 1.32. The van der Waals surface area contributed by atoms with Crippen LogP contribution in [0.3, 0.4) is 0 Å². The summed E-state index contributed by atoms with van der Waals surface area (Å²) in [5.74, 6) is 0.603. The molecule has 1 aliphatic heterocycles. The molecule has 1 N–H and O–H groups in total. The number of carbonyl (C=O) groups is 1. The predicted molar refractivity (Wildman–Crippen MR) is 114 cm³/mol. The molecule has 7 nitrogen and oxygen atoms in total. The number of nitrogens with one attached hydrogen (secondary N) is 1. The molecule has 0 aliphatic carbocycles. The van der Waals surface area contributed by atoms with Crippen LogP contribution in [-0.4, -0.2) is 49.9 Å². The summed E-state index contributed by atoms with van der Waals surface area (Å²) in [7, 11) is 0. The maximum absolute atomic E-state index is 12.4. The smallest absolute Gasteiger partial charge is 0.320 e. The minimum atomic E-state index is -0.176.